The first-order valence-electron chi connectivity index (χ1n) is 8.92. The van der Waals surface area contributed by atoms with E-state index in [0.29, 0.717) is 11.3 Å². The molecule has 7 heteroatoms. The number of nitrogens with one attached hydrogen (secondary N) is 2. The molecule has 2 aromatic rings. The van der Waals surface area contributed by atoms with E-state index in [1.165, 1.54) is 6.07 Å². The molecule has 1 unspecified atom stereocenters. The van der Waals surface area contributed by atoms with E-state index in [4.69, 9.17) is 0 Å². The second-order valence-electron chi connectivity index (χ2n) is 7.57. The third kappa shape index (κ3) is 4.18. The lowest BCUT2D eigenvalue weighted by Gasteiger charge is -2.29. The van der Waals surface area contributed by atoms with Gasteiger partial charge in [-0.25, -0.2) is 0 Å². The highest BCUT2D eigenvalue weighted by Crippen LogP contribution is 2.34. The summed E-state index contributed by atoms with van der Waals surface area (Å²) in [6, 6.07) is 12.2. The normalized spacial score (nSPS) is 16.9. The summed E-state index contributed by atoms with van der Waals surface area (Å²) in [6.45, 7) is 3.68. The van der Waals surface area contributed by atoms with Gasteiger partial charge in [-0.15, -0.1) is 0 Å². The monoisotopic (exact) mass is 390 g/mol. The molecular weight excluding hydrogens is 369 g/mol. The van der Waals surface area contributed by atoms with Gasteiger partial charge < -0.3 is 10.6 Å². The van der Waals surface area contributed by atoms with Crippen LogP contribution in [-0.2, 0) is 21.2 Å². The molecule has 0 aliphatic carbocycles. The van der Waals surface area contributed by atoms with Crippen LogP contribution in [0.3, 0.4) is 0 Å². The maximum Gasteiger partial charge on any atom is 0.416 e. The number of para-hydroxylation sites is 1. The van der Waals surface area contributed by atoms with Gasteiger partial charge in [0.1, 0.15) is 0 Å². The lowest BCUT2D eigenvalue weighted by atomic mass is 9.83. The van der Waals surface area contributed by atoms with Crippen molar-refractivity contribution in [3.8, 4) is 0 Å². The van der Waals surface area contributed by atoms with Crippen molar-refractivity contribution in [2.45, 2.75) is 37.8 Å². The zero-order valence-electron chi connectivity index (χ0n) is 15.6. The number of carbonyl (C=O) groups excluding carboxylic acids is 2. The molecule has 1 heterocycles. The smallest absolute Gasteiger partial charge is 0.355 e. The van der Waals surface area contributed by atoms with Crippen molar-refractivity contribution in [1.82, 2.24) is 5.32 Å². The highest BCUT2D eigenvalue weighted by molar-refractivity contribution is 6.01. The quantitative estimate of drug-likeness (QED) is 0.821. The molecule has 0 saturated carbocycles. The maximum absolute atomic E-state index is 13.0. The lowest BCUT2D eigenvalue weighted by Crippen LogP contribution is -2.41. The van der Waals surface area contributed by atoms with E-state index in [0.717, 1.165) is 17.7 Å². The second-order valence-corrected chi connectivity index (χ2v) is 7.57. The average Bonchev–Trinajstić information content (AvgIpc) is 2.65. The van der Waals surface area contributed by atoms with Crippen molar-refractivity contribution in [3.05, 3.63) is 65.2 Å². The Hall–Kier alpha value is -2.83. The summed E-state index contributed by atoms with van der Waals surface area (Å²) in [6.07, 6.45) is -4.39. The topological polar surface area (TPSA) is 58.2 Å². The maximum atomic E-state index is 13.0. The Labute approximate surface area is 161 Å². The van der Waals surface area contributed by atoms with E-state index in [1.54, 1.807) is 44.2 Å². The third-order valence-electron chi connectivity index (χ3n) is 4.99. The van der Waals surface area contributed by atoms with Crippen molar-refractivity contribution in [3.63, 3.8) is 0 Å². The van der Waals surface area contributed by atoms with E-state index in [9.17, 15) is 22.8 Å². The van der Waals surface area contributed by atoms with Gasteiger partial charge in [0.25, 0.3) is 0 Å². The fourth-order valence-electron chi connectivity index (χ4n) is 3.30. The lowest BCUT2D eigenvalue weighted by molar-refractivity contribution is -0.137. The van der Waals surface area contributed by atoms with Gasteiger partial charge in [0, 0.05) is 24.1 Å². The number of alkyl halides is 3. The molecule has 4 nitrogen and oxygen atoms in total. The number of hydrogen-bond acceptors (Lipinski definition) is 2. The molecule has 1 aliphatic rings. The summed E-state index contributed by atoms with van der Waals surface area (Å²) in [7, 11) is 0. The van der Waals surface area contributed by atoms with Crippen LogP contribution < -0.4 is 10.6 Å². The minimum atomic E-state index is -4.42. The molecule has 0 saturated heterocycles. The summed E-state index contributed by atoms with van der Waals surface area (Å²) in [5.74, 6) is -1.18. The number of amides is 2. The Balaban J connectivity index is 1.75. The summed E-state index contributed by atoms with van der Waals surface area (Å²) in [4.78, 5) is 24.6. The largest absolute Gasteiger partial charge is 0.416 e. The molecule has 148 valence electrons. The fourth-order valence-corrected chi connectivity index (χ4v) is 3.30. The molecule has 0 radical (unpaired) electrons. The summed E-state index contributed by atoms with van der Waals surface area (Å²) in [5, 5.41) is 5.55. The van der Waals surface area contributed by atoms with Crippen LogP contribution in [0, 0.1) is 0 Å². The first-order chi connectivity index (χ1) is 13.1. The molecule has 2 N–H and O–H groups in total. The van der Waals surface area contributed by atoms with Crippen LogP contribution in [-0.4, -0.2) is 18.4 Å². The van der Waals surface area contributed by atoms with Crippen LogP contribution in [0.15, 0.2) is 48.5 Å². The first-order valence-corrected chi connectivity index (χ1v) is 8.92. The van der Waals surface area contributed by atoms with Gasteiger partial charge in [-0.2, -0.15) is 13.2 Å². The van der Waals surface area contributed by atoms with Gasteiger partial charge in [0.05, 0.1) is 11.5 Å². The molecular formula is C21H21F3N2O2. The zero-order chi connectivity index (χ0) is 20.5. The predicted octanol–water partition coefficient (Wildman–Crippen LogP) is 4.23. The summed E-state index contributed by atoms with van der Waals surface area (Å²) < 4.78 is 38.9. The molecule has 0 aromatic heterocycles. The highest BCUT2D eigenvalue weighted by atomic mass is 19.4. The Kier molecular flexibility index (Phi) is 5.19. The number of carbonyl (C=O) groups is 2. The number of benzene rings is 2. The Morgan fingerprint density at radius 2 is 1.79 bits per heavy atom. The van der Waals surface area contributed by atoms with Crippen LogP contribution in [0.2, 0.25) is 0 Å². The zero-order valence-corrected chi connectivity index (χ0v) is 15.6. The molecule has 0 fully saturated rings. The third-order valence-corrected chi connectivity index (χ3v) is 4.99. The van der Waals surface area contributed by atoms with Crippen molar-refractivity contribution >= 4 is 17.5 Å². The van der Waals surface area contributed by atoms with Crippen LogP contribution in [0.4, 0.5) is 18.9 Å². The average molecular weight is 390 g/mol. The van der Waals surface area contributed by atoms with Gasteiger partial charge >= 0.3 is 6.18 Å². The Morgan fingerprint density at radius 3 is 2.50 bits per heavy atom. The highest BCUT2D eigenvalue weighted by Gasteiger charge is 2.34. The van der Waals surface area contributed by atoms with E-state index in [1.807, 2.05) is 0 Å². The Bertz CT molecular complexity index is 907. The second kappa shape index (κ2) is 7.30. The van der Waals surface area contributed by atoms with E-state index < -0.39 is 23.1 Å². The molecule has 0 bridgehead atoms. The van der Waals surface area contributed by atoms with Gasteiger partial charge in [0.2, 0.25) is 11.8 Å². The van der Waals surface area contributed by atoms with Crippen LogP contribution >= 0.6 is 0 Å². The van der Waals surface area contributed by atoms with Crippen LogP contribution in [0.25, 0.3) is 0 Å². The number of anilines is 1. The molecule has 0 spiro atoms. The van der Waals surface area contributed by atoms with Gasteiger partial charge in [-0.3, -0.25) is 9.59 Å². The molecule has 3 rings (SSSR count). The molecule has 28 heavy (non-hydrogen) atoms. The molecule has 1 aliphatic heterocycles. The SMILES string of the molecule is CC(C)(CNC(=O)C1CC(=O)Nc2ccccc21)c1cccc(C(F)(F)F)c1. The van der Waals surface area contributed by atoms with Gasteiger partial charge in [-0.05, 0) is 23.3 Å². The number of halogens is 3. The van der Waals surface area contributed by atoms with Crippen LogP contribution in [0.1, 0.15) is 42.9 Å². The van der Waals surface area contributed by atoms with E-state index in [2.05, 4.69) is 10.6 Å². The van der Waals surface area contributed by atoms with E-state index in [-0.39, 0.29) is 24.8 Å². The molecule has 2 aromatic carbocycles. The van der Waals surface area contributed by atoms with Crippen molar-refractivity contribution < 1.29 is 22.8 Å². The van der Waals surface area contributed by atoms with Crippen LogP contribution in [0.5, 0.6) is 0 Å². The van der Waals surface area contributed by atoms with Crippen molar-refractivity contribution in [1.29, 1.82) is 0 Å². The number of fused-ring (bicyclic) bond motifs is 1. The van der Waals surface area contributed by atoms with Crippen molar-refractivity contribution in [2.75, 3.05) is 11.9 Å². The standard InChI is InChI=1S/C21H21F3N2O2/c1-20(2,13-6-5-7-14(10-13)21(22,23)24)12-25-19(28)16-11-18(27)26-17-9-4-3-8-15(16)17/h3-10,16H,11-12H2,1-2H3,(H,25,28)(H,26,27). The van der Waals surface area contributed by atoms with Gasteiger partial charge in [-0.1, -0.05) is 50.2 Å². The molecule has 2 amide bonds. The first kappa shape index (κ1) is 19.9. The van der Waals surface area contributed by atoms with Gasteiger partial charge in [0.15, 0.2) is 0 Å². The minimum absolute atomic E-state index is 0.0346. The van der Waals surface area contributed by atoms with E-state index >= 15 is 0 Å². The number of rotatable bonds is 4. The fraction of sp³-hybridized carbons (Fsp3) is 0.333. The minimum Gasteiger partial charge on any atom is -0.355 e. The van der Waals surface area contributed by atoms with Crippen molar-refractivity contribution in [2.24, 2.45) is 0 Å². The summed E-state index contributed by atoms with van der Waals surface area (Å²) in [5.41, 5.74) is 0.382. The Morgan fingerprint density at radius 1 is 1.11 bits per heavy atom. The summed E-state index contributed by atoms with van der Waals surface area (Å²) >= 11 is 0. The number of hydrogen-bond donors (Lipinski definition) is 2. The molecule has 1 atom stereocenters. The predicted molar refractivity (Wildman–Crippen MR) is 99.9 cm³/mol.